The number of benzene rings is 3. The Morgan fingerprint density at radius 3 is 1.10 bits per heavy atom. The molecule has 0 aliphatic heterocycles. The van der Waals surface area contributed by atoms with Gasteiger partial charge >= 0.3 is 258 Å². The first kappa shape index (κ1) is 34.4. The average molecular weight is 611 g/mol. The molecule has 0 aromatic heterocycles. The minimum absolute atomic E-state index is 0.529. The van der Waals surface area contributed by atoms with E-state index < -0.39 is 22.4 Å². The third-order valence-corrected chi connectivity index (χ3v) is 26.6. The van der Waals surface area contributed by atoms with E-state index >= 15 is 0 Å². The van der Waals surface area contributed by atoms with Crippen LogP contribution in [0.2, 0.25) is 0 Å². The molecule has 228 valence electrons. The van der Waals surface area contributed by atoms with Gasteiger partial charge in [0.1, 0.15) is 0 Å². The van der Waals surface area contributed by atoms with Crippen molar-refractivity contribution in [3.63, 3.8) is 0 Å². The van der Waals surface area contributed by atoms with Crippen molar-refractivity contribution in [2.45, 2.75) is 118 Å². The third-order valence-electron chi connectivity index (χ3n) is 10.8. The number of hydrogen-bond donors (Lipinski definition) is 0. The Morgan fingerprint density at radius 2 is 0.805 bits per heavy atom. The summed E-state index contributed by atoms with van der Waals surface area (Å²) in [5, 5.41) is 8.15. The molecule has 0 N–H and O–H groups in total. The Balaban J connectivity index is 2.55. The van der Waals surface area contributed by atoms with Crippen molar-refractivity contribution in [1.82, 2.24) is 0 Å². The van der Waals surface area contributed by atoms with E-state index in [1.165, 1.54) is 16.4 Å². The molecule has 3 rings (SSSR count). The van der Waals surface area contributed by atoms with Crippen LogP contribution in [-0.4, -0.2) is 36.0 Å². The van der Waals surface area contributed by atoms with E-state index in [4.69, 9.17) is 0 Å². The van der Waals surface area contributed by atoms with E-state index in [2.05, 4.69) is 163 Å². The van der Waals surface area contributed by atoms with E-state index in [0.717, 1.165) is 0 Å². The summed E-state index contributed by atoms with van der Waals surface area (Å²) in [7, 11) is -4.39. The van der Waals surface area contributed by atoms with Crippen LogP contribution in [-0.2, 0) is 0 Å². The van der Waals surface area contributed by atoms with Crippen molar-refractivity contribution in [3.8, 4) is 0 Å². The van der Waals surface area contributed by atoms with Crippen molar-refractivity contribution in [3.05, 3.63) is 77.9 Å². The van der Waals surface area contributed by atoms with Gasteiger partial charge in [0.25, 0.3) is 0 Å². The zero-order valence-electron chi connectivity index (χ0n) is 28.8. The Morgan fingerprint density at radius 1 is 0.463 bits per heavy atom. The zero-order valence-corrected chi connectivity index (χ0v) is 31.7. The summed E-state index contributed by atoms with van der Waals surface area (Å²) in [6, 6.07) is 26.9. The van der Waals surface area contributed by atoms with Gasteiger partial charge in [0.05, 0.1) is 0 Å². The van der Waals surface area contributed by atoms with Crippen LogP contribution in [0.5, 0.6) is 0 Å². The second-order valence-corrected chi connectivity index (χ2v) is 27.7. The summed E-state index contributed by atoms with van der Waals surface area (Å²) in [6.07, 6.45) is 0. The molecule has 0 fully saturated rings. The molecule has 0 atom stereocenters. The molecule has 0 amide bonds. The van der Waals surface area contributed by atoms with Gasteiger partial charge < -0.3 is 0 Å². The standard InChI is InChI=1S/C38H61P3/c1-26(2)32-20-22-35(37(24-32)40(13,28(5)6)29(7)8)39(34-18-16-15-17-19-34)36-23-21-33(27(3)4)25-38(36)41(14,30(9)10)31(11)12/h15-31,40-41H,1-14H3. The summed E-state index contributed by atoms with van der Waals surface area (Å²) in [5.41, 5.74) is 5.67. The van der Waals surface area contributed by atoms with Gasteiger partial charge in [-0.3, -0.25) is 0 Å². The van der Waals surface area contributed by atoms with E-state index in [1.807, 2.05) is 0 Å². The van der Waals surface area contributed by atoms with Crippen LogP contribution in [0.1, 0.15) is 106 Å². The van der Waals surface area contributed by atoms with Gasteiger partial charge in [0, 0.05) is 0 Å². The molecule has 3 heteroatoms. The van der Waals surface area contributed by atoms with Gasteiger partial charge in [-0.2, -0.15) is 0 Å². The van der Waals surface area contributed by atoms with E-state index in [0.29, 0.717) is 34.5 Å². The Bertz CT molecular complexity index is 1190. The first-order valence-corrected chi connectivity index (χ1v) is 22.9. The monoisotopic (exact) mass is 610 g/mol. The first-order chi connectivity index (χ1) is 19.1. The molecule has 41 heavy (non-hydrogen) atoms. The molecule has 0 radical (unpaired) electrons. The van der Waals surface area contributed by atoms with E-state index in [-0.39, 0.29) is 0 Å². The van der Waals surface area contributed by atoms with Gasteiger partial charge in [-0.1, -0.05) is 0 Å². The fraction of sp³-hybridized carbons (Fsp3) is 0.526. The van der Waals surface area contributed by atoms with Crippen molar-refractivity contribution >= 4 is 49.0 Å². The predicted molar refractivity (Wildman–Crippen MR) is 202 cm³/mol. The van der Waals surface area contributed by atoms with Crippen LogP contribution in [0, 0.1) is 0 Å². The number of rotatable bonds is 11. The van der Waals surface area contributed by atoms with E-state index in [9.17, 15) is 0 Å². The second-order valence-electron chi connectivity index (χ2n) is 14.7. The summed E-state index contributed by atoms with van der Waals surface area (Å²) >= 11 is 0. The van der Waals surface area contributed by atoms with Crippen LogP contribution in [0.3, 0.4) is 0 Å². The van der Waals surface area contributed by atoms with Gasteiger partial charge in [0.2, 0.25) is 0 Å². The summed E-state index contributed by atoms with van der Waals surface area (Å²) < 4.78 is 0. The van der Waals surface area contributed by atoms with Crippen LogP contribution >= 0.6 is 22.4 Å². The molecular weight excluding hydrogens is 549 g/mol. The summed E-state index contributed by atoms with van der Waals surface area (Å²) in [5.74, 6) is 1.06. The quantitative estimate of drug-likeness (QED) is 0.190. The molecule has 0 bridgehead atoms. The molecule has 3 aromatic rings. The fourth-order valence-electron chi connectivity index (χ4n) is 6.64. The average Bonchev–Trinajstić information content (AvgIpc) is 2.92. The van der Waals surface area contributed by atoms with Crippen molar-refractivity contribution in [1.29, 1.82) is 0 Å². The molecule has 0 saturated carbocycles. The molecule has 0 aliphatic carbocycles. The van der Waals surface area contributed by atoms with E-state index in [1.54, 1.807) is 21.2 Å². The fourth-order valence-corrected chi connectivity index (χ4v) is 18.5. The Kier molecular flexibility index (Phi) is 11.5. The summed E-state index contributed by atoms with van der Waals surface area (Å²) in [6.45, 7) is 34.7. The maximum atomic E-state index is 2.67. The summed E-state index contributed by atoms with van der Waals surface area (Å²) in [4.78, 5) is 0. The van der Waals surface area contributed by atoms with Crippen LogP contribution in [0.25, 0.3) is 0 Å². The van der Waals surface area contributed by atoms with Gasteiger partial charge in [0.15, 0.2) is 0 Å². The normalized spacial score (nSPS) is 14.6. The zero-order chi connectivity index (χ0) is 30.9. The molecule has 0 aliphatic rings. The number of hydrogen-bond acceptors (Lipinski definition) is 0. The predicted octanol–water partition coefficient (Wildman–Crippen LogP) is 9.34. The maximum absolute atomic E-state index is 2.67. The van der Waals surface area contributed by atoms with Crippen LogP contribution in [0.15, 0.2) is 66.7 Å². The van der Waals surface area contributed by atoms with Crippen molar-refractivity contribution in [2.24, 2.45) is 0 Å². The van der Waals surface area contributed by atoms with Gasteiger partial charge in [-0.15, -0.1) is 0 Å². The minimum atomic E-state index is -1.84. The molecule has 0 saturated heterocycles. The second kappa shape index (κ2) is 13.7. The topological polar surface area (TPSA) is 0 Å². The molecule has 0 nitrogen and oxygen atoms in total. The molecule has 3 aromatic carbocycles. The first-order valence-electron chi connectivity index (χ1n) is 16.2. The molecule has 0 heterocycles. The van der Waals surface area contributed by atoms with Crippen LogP contribution < -0.4 is 26.5 Å². The van der Waals surface area contributed by atoms with Crippen molar-refractivity contribution < 1.29 is 0 Å². The molecular formula is C38H61P3. The van der Waals surface area contributed by atoms with Crippen molar-refractivity contribution in [2.75, 3.05) is 13.3 Å². The Labute approximate surface area is 257 Å². The van der Waals surface area contributed by atoms with Gasteiger partial charge in [-0.05, 0) is 0 Å². The van der Waals surface area contributed by atoms with Gasteiger partial charge in [-0.25, -0.2) is 0 Å². The van der Waals surface area contributed by atoms with Crippen LogP contribution in [0.4, 0.5) is 0 Å². The Hall–Kier alpha value is -1.05. The SMILES string of the molecule is CC(C)c1ccc(P(c2ccccc2)c2ccc(C(C)C)cc2[PH](C)(C(C)C)C(C)C)c([PH](C)(C(C)C)C(C)C)c1. The molecule has 0 spiro atoms. The molecule has 0 unspecified atom stereocenters. The third kappa shape index (κ3) is 6.72.